The van der Waals surface area contributed by atoms with Gasteiger partial charge in [0.2, 0.25) is 21.8 Å². The molecule has 0 aliphatic carbocycles. The molecule has 0 saturated carbocycles. The van der Waals surface area contributed by atoms with Gasteiger partial charge < -0.3 is 24.1 Å². The Morgan fingerprint density at radius 1 is 1.02 bits per heavy atom. The second kappa shape index (κ2) is 10.6. The lowest BCUT2D eigenvalue weighted by Crippen LogP contribution is -2.44. The molecule has 0 spiro atoms. The molecule has 0 bridgehead atoms. The summed E-state index contributed by atoms with van der Waals surface area (Å²) >= 11 is 0. The molecule has 1 N–H and O–H groups in total. The minimum absolute atomic E-state index is 0.0408. The third-order valence-electron chi connectivity index (χ3n) is 7.40. The van der Waals surface area contributed by atoms with Crippen LogP contribution in [0.4, 0.5) is 5.69 Å². The normalized spacial score (nSPS) is 17.1. The third kappa shape index (κ3) is 4.94. The van der Waals surface area contributed by atoms with Crippen molar-refractivity contribution >= 4 is 15.7 Å². The molecule has 2 aliphatic heterocycles. The maximum absolute atomic E-state index is 13.5. The smallest absolute Gasteiger partial charge is 0.243 e. The van der Waals surface area contributed by atoms with Crippen LogP contribution >= 0.6 is 0 Å². The number of oxazole rings is 1. The topological polar surface area (TPSA) is 125 Å². The number of methoxy groups -OCH3 is 1. The molecule has 12 heteroatoms. The fourth-order valence-corrected chi connectivity index (χ4v) is 6.44. The maximum Gasteiger partial charge on any atom is 0.243 e. The van der Waals surface area contributed by atoms with E-state index in [1.165, 1.54) is 36.0 Å². The van der Waals surface area contributed by atoms with Crippen LogP contribution in [0.1, 0.15) is 28.7 Å². The quantitative estimate of drug-likeness (QED) is 0.359. The summed E-state index contributed by atoms with van der Waals surface area (Å²) in [6, 6.07) is 14.1. The number of hydrogen-bond acceptors (Lipinski definition) is 10. The molecule has 1 fully saturated rings. The Labute approximate surface area is 232 Å². The van der Waals surface area contributed by atoms with Gasteiger partial charge in [-0.3, -0.25) is 0 Å². The Kier molecular flexibility index (Phi) is 7.00. The number of rotatable bonds is 7. The lowest BCUT2D eigenvalue weighted by molar-refractivity contribution is 0.207. The molecule has 2 aliphatic rings. The first-order valence-corrected chi connectivity index (χ1v) is 14.4. The number of anilines is 1. The Balaban J connectivity index is 1.24. The van der Waals surface area contributed by atoms with Crippen LogP contribution in [0, 0.1) is 0 Å². The summed E-state index contributed by atoms with van der Waals surface area (Å²) < 4.78 is 39.1. The molecule has 6 rings (SSSR count). The Bertz CT molecular complexity index is 1600. The molecule has 2 aromatic heterocycles. The average Bonchev–Trinajstić information content (AvgIpc) is 3.68. The van der Waals surface area contributed by atoms with E-state index in [4.69, 9.17) is 9.15 Å². The molecule has 1 unspecified atom stereocenters. The summed E-state index contributed by atoms with van der Waals surface area (Å²) in [5, 5.41) is 11.3. The molecular weight excluding hydrogens is 532 g/mol. The summed E-state index contributed by atoms with van der Waals surface area (Å²) in [6.07, 6.45) is 1.90. The van der Waals surface area contributed by atoms with Gasteiger partial charge in [0.15, 0.2) is 5.82 Å². The van der Waals surface area contributed by atoms with Gasteiger partial charge in [0.1, 0.15) is 12.4 Å². The Morgan fingerprint density at radius 2 is 1.80 bits per heavy atom. The lowest BCUT2D eigenvalue weighted by atomic mass is 10.1. The van der Waals surface area contributed by atoms with E-state index in [0.717, 1.165) is 31.9 Å². The van der Waals surface area contributed by atoms with Crippen LogP contribution in [0.2, 0.25) is 0 Å². The second-order valence-electron chi connectivity index (χ2n) is 9.94. The molecule has 0 radical (unpaired) electrons. The van der Waals surface area contributed by atoms with Crippen molar-refractivity contribution < 1.29 is 22.7 Å². The number of piperazine rings is 1. The van der Waals surface area contributed by atoms with Crippen LogP contribution in [0.15, 0.2) is 70.3 Å². The number of ether oxygens (including phenoxy) is 1. The Morgan fingerprint density at radius 3 is 2.50 bits per heavy atom. The summed E-state index contributed by atoms with van der Waals surface area (Å²) in [5.74, 6) is 0.838. The first kappa shape index (κ1) is 26.4. The van der Waals surface area contributed by atoms with Crippen LogP contribution in [0.3, 0.4) is 0 Å². The molecular formula is C28H30N6O5S. The van der Waals surface area contributed by atoms with E-state index in [1.807, 2.05) is 24.3 Å². The van der Waals surface area contributed by atoms with E-state index in [-0.39, 0.29) is 29.7 Å². The van der Waals surface area contributed by atoms with Crippen LogP contribution < -0.4 is 9.64 Å². The lowest BCUT2D eigenvalue weighted by Gasteiger charge is -2.34. The largest absolute Gasteiger partial charge is 0.481 e. The highest BCUT2D eigenvalue weighted by molar-refractivity contribution is 7.89. The van der Waals surface area contributed by atoms with E-state index in [2.05, 4.69) is 31.8 Å². The fraction of sp³-hybridized carbons (Fsp3) is 0.321. The van der Waals surface area contributed by atoms with E-state index in [1.54, 1.807) is 12.1 Å². The summed E-state index contributed by atoms with van der Waals surface area (Å²) in [4.78, 5) is 17.9. The molecule has 4 heterocycles. The maximum atomic E-state index is 13.5. The zero-order valence-corrected chi connectivity index (χ0v) is 23.1. The van der Waals surface area contributed by atoms with Crippen molar-refractivity contribution in [2.45, 2.75) is 24.1 Å². The standard InChI is InChI=1S/C28H30N6O5S/c1-32-11-13-33(14-12-32)21-5-3-4-20(16-21)25(35)26-30-24-18-34(17-23(24)28(31-26)38-2)40(36,37)22-8-6-19(7-9-22)27-29-10-15-39-27/h3-10,15-16,25,35H,11-14,17-18H2,1-2H3. The number of nitrogens with zero attached hydrogens (tertiary/aromatic N) is 6. The summed E-state index contributed by atoms with van der Waals surface area (Å²) in [5.41, 5.74) is 3.47. The monoisotopic (exact) mass is 562 g/mol. The van der Waals surface area contributed by atoms with E-state index >= 15 is 0 Å². The number of likely N-dealkylation sites (N-methyl/N-ethyl adjacent to an activating group) is 1. The first-order valence-electron chi connectivity index (χ1n) is 13.0. The predicted octanol–water partition coefficient (Wildman–Crippen LogP) is 2.68. The van der Waals surface area contributed by atoms with E-state index < -0.39 is 16.1 Å². The van der Waals surface area contributed by atoms with Crippen molar-refractivity contribution in [2.75, 3.05) is 45.2 Å². The summed E-state index contributed by atoms with van der Waals surface area (Å²) in [6.45, 7) is 3.87. The number of fused-ring (bicyclic) bond motifs is 1. The zero-order valence-electron chi connectivity index (χ0n) is 22.3. The highest BCUT2D eigenvalue weighted by Crippen LogP contribution is 2.35. The SMILES string of the molecule is COc1nc(C(O)c2cccc(N3CCN(C)CC3)c2)nc2c1CN(S(=O)(=O)c1ccc(-c3ncco3)cc1)C2. The predicted molar refractivity (Wildman–Crippen MR) is 147 cm³/mol. The number of sulfonamides is 1. The van der Waals surface area contributed by atoms with Gasteiger partial charge in [-0.2, -0.15) is 9.29 Å². The first-order chi connectivity index (χ1) is 19.3. The molecule has 208 valence electrons. The van der Waals surface area contributed by atoms with E-state index in [0.29, 0.717) is 28.3 Å². The van der Waals surface area contributed by atoms with Crippen LogP contribution in [-0.4, -0.2) is 78.0 Å². The van der Waals surface area contributed by atoms with Gasteiger partial charge in [-0.15, -0.1) is 0 Å². The van der Waals surface area contributed by atoms with Crippen LogP contribution in [0.25, 0.3) is 11.5 Å². The zero-order chi connectivity index (χ0) is 27.9. The molecule has 0 amide bonds. The van der Waals surface area contributed by atoms with Gasteiger partial charge in [0, 0.05) is 44.0 Å². The fourth-order valence-electron chi connectivity index (χ4n) is 5.07. The molecule has 1 saturated heterocycles. The van der Waals surface area contributed by atoms with Crippen LogP contribution in [0.5, 0.6) is 5.88 Å². The molecule has 2 aromatic carbocycles. The van der Waals surface area contributed by atoms with Crippen molar-refractivity contribution in [1.82, 2.24) is 24.2 Å². The number of hydrogen-bond donors (Lipinski definition) is 1. The highest BCUT2D eigenvalue weighted by atomic mass is 32.2. The second-order valence-corrected chi connectivity index (χ2v) is 11.9. The average molecular weight is 563 g/mol. The third-order valence-corrected chi connectivity index (χ3v) is 9.20. The molecule has 4 aromatic rings. The van der Waals surface area contributed by atoms with Gasteiger partial charge in [-0.1, -0.05) is 12.1 Å². The van der Waals surface area contributed by atoms with Gasteiger partial charge in [0.05, 0.1) is 36.0 Å². The summed E-state index contributed by atoms with van der Waals surface area (Å²) in [7, 11) is -0.250. The van der Waals surface area contributed by atoms with Crippen molar-refractivity contribution in [1.29, 1.82) is 0 Å². The number of aromatic nitrogens is 3. The molecule has 40 heavy (non-hydrogen) atoms. The Hall–Kier alpha value is -3.84. The van der Waals surface area contributed by atoms with Crippen molar-refractivity contribution in [3.05, 3.63) is 83.6 Å². The number of aliphatic hydroxyl groups is 1. The van der Waals surface area contributed by atoms with Crippen molar-refractivity contribution in [3.63, 3.8) is 0 Å². The number of aliphatic hydroxyl groups excluding tert-OH is 1. The van der Waals surface area contributed by atoms with Gasteiger partial charge in [0.25, 0.3) is 0 Å². The number of benzene rings is 2. The minimum Gasteiger partial charge on any atom is -0.481 e. The highest BCUT2D eigenvalue weighted by Gasteiger charge is 2.35. The van der Waals surface area contributed by atoms with Gasteiger partial charge in [-0.05, 0) is 49.0 Å². The van der Waals surface area contributed by atoms with Gasteiger partial charge in [-0.25, -0.2) is 18.4 Å². The molecule has 1 atom stereocenters. The van der Waals surface area contributed by atoms with Crippen molar-refractivity contribution in [3.8, 4) is 17.3 Å². The van der Waals surface area contributed by atoms with Gasteiger partial charge >= 0.3 is 0 Å². The minimum atomic E-state index is -3.84. The van der Waals surface area contributed by atoms with Crippen LogP contribution in [-0.2, 0) is 23.1 Å². The van der Waals surface area contributed by atoms with E-state index in [9.17, 15) is 13.5 Å². The molecule has 11 nitrogen and oxygen atoms in total. The van der Waals surface area contributed by atoms with Crippen molar-refractivity contribution in [2.24, 2.45) is 0 Å².